The van der Waals surface area contributed by atoms with Crippen molar-refractivity contribution in [1.29, 1.82) is 5.26 Å². The van der Waals surface area contributed by atoms with E-state index in [-0.39, 0.29) is 23.7 Å². The second kappa shape index (κ2) is 6.72. The first-order valence-electron chi connectivity index (χ1n) is 9.96. The Morgan fingerprint density at radius 2 is 1.82 bits per heavy atom. The third-order valence-corrected chi connectivity index (χ3v) is 6.79. The summed E-state index contributed by atoms with van der Waals surface area (Å²) >= 11 is 0. The molecule has 1 amide bonds. The Morgan fingerprint density at radius 1 is 1.07 bits per heavy atom. The maximum Gasteiger partial charge on any atom is 0.254 e. The van der Waals surface area contributed by atoms with Gasteiger partial charge in [0.05, 0.1) is 17.7 Å². The molecule has 0 radical (unpaired) electrons. The second-order valence-electron chi connectivity index (χ2n) is 8.16. The van der Waals surface area contributed by atoms with E-state index >= 15 is 0 Å². The van der Waals surface area contributed by atoms with E-state index in [1.54, 1.807) is 24.3 Å². The summed E-state index contributed by atoms with van der Waals surface area (Å²) < 4.78 is 13.5. The first kappa shape index (κ1) is 17.4. The molecule has 2 bridgehead atoms. The monoisotopic (exact) mass is 375 g/mol. The van der Waals surface area contributed by atoms with Crippen molar-refractivity contribution in [2.75, 3.05) is 19.6 Å². The van der Waals surface area contributed by atoms with Crippen LogP contribution in [-0.4, -0.2) is 47.4 Å². The number of carbonyl (C=O) groups excluding carboxylic acids is 1. The van der Waals surface area contributed by atoms with Gasteiger partial charge in [-0.2, -0.15) is 5.26 Å². The fraction of sp³-hybridized carbons (Fsp3) is 0.391. The van der Waals surface area contributed by atoms with Gasteiger partial charge in [-0.05, 0) is 67.7 Å². The van der Waals surface area contributed by atoms with Gasteiger partial charge in [0.2, 0.25) is 0 Å². The Balaban J connectivity index is 1.52. The fourth-order valence-corrected chi connectivity index (χ4v) is 5.55. The van der Waals surface area contributed by atoms with E-state index in [0.717, 1.165) is 31.5 Å². The van der Waals surface area contributed by atoms with Gasteiger partial charge in [-0.15, -0.1) is 0 Å². The van der Waals surface area contributed by atoms with Crippen LogP contribution in [0.25, 0.3) is 0 Å². The van der Waals surface area contributed by atoms with Gasteiger partial charge in [0.1, 0.15) is 5.82 Å². The topological polar surface area (TPSA) is 47.3 Å². The molecule has 3 atom stereocenters. The van der Waals surface area contributed by atoms with Crippen molar-refractivity contribution >= 4 is 5.91 Å². The molecule has 142 valence electrons. The normalized spacial score (nSPS) is 30.7. The lowest BCUT2D eigenvalue weighted by molar-refractivity contribution is -0.00341. The molecule has 4 aliphatic heterocycles. The number of hydrogen-bond acceptors (Lipinski definition) is 3. The Labute approximate surface area is 164 Å². The van der Waals surface area contributed by atoms with Gasteiger partial charge in [0, 0.05) is 24.1 Å². The zero-order valence-electron chi connectivity index (χ0n) is 15.6. The van der Waals surface area contributed by atoms with E-state index in [0.29, 0.717) is 29.6 Å². The minimum absolute atomic E-state index is 0.00506. The van der Waals surface area contributed by atoms with E-state index in [4.69, 9.17) is 0 Å². The number of amides is 1. The quantitative estimate of drug-likeness (QED) is 0.808. The number of nitrogens with zero attached hydrogens (tertiary/aromatic N) is 3. The summed E-state index contributed by atoms with van der Waals surface area (Å²) in [5.74, 6) is 0.482. The maximum atomic E-state index is 13.5. The van der Waals surface area contributed by atoms with Gasteiger partial charge in [-0.1, -0.05) is 18.2 Å². The highest BCUT2D eigenvalue weighted by atomic mass is 19.1. The van der Waals surface area contributed by atoms with Crippen molar-refractivity contribution < 1.29 is 9.18 Å². The zero-order chi connectivity index (χ0) is 19.3. The highest BCUT2D eigenvalue weighted by molar-refractivity contribution is 5.95. The third kappa shape index (κ3) is 2.71. The zero-order valence-corrected chi connectivity index (χ0v) is 15.6. The number of rotatable bonds is 2. The molecule has 28 heavy (non-hydrogen) atoms. The Morgan fingerprint density at radius 3 is 2.54 bits per heavy atom. The molecule has 4 aliphatic rings. The van der Waals surface area contributed by atoms with Crippen LogP contribution in [0.4, 0.5) is 4.39 Å². The number of hydrogen-bond donors (Lipinski definition) is 0. The molecule has 0 N–H and O–H groups in total. The second-order valence-corrected chi connectivity index (χ2v) is 8.16. The van der Waals surface area contributed by atoms with Crippen LogP contribution in [0.3, 0.4) is 0 Å². The fourth-order valence-electron chi connectivity index (χ4n) is 5.55. The SMILES string of the molecule is N#Cc1cccc(C(=O)N2C[C@@H](c3ccc(F)cc3)[C@@H]3[C@H]2C2CCN3CC2)c1. The molecule has 4 heterocycles. The summed E-state index contributed by atoms with van der Waals surface area (Å²) in [5.41, 5.74) is 2.18. The molecular formula is C23H22FN3O. The van der Waals surface area contributed by atoms with Crippen LogP contribution in [0.15, 0.2) is 48.5 Å². The molecule has 4 saturated heterocycles. The molecular weight excluding hydrogens is 353 g/mol. The van der Waals surface area contributed by atoms with Crippen LogP contribution in [0.5, 0.6) is 0 Å². The average Bonchev–Trinajstić information content (AvgIpc) is 3.17. The minimum atomic E-state index is -0.231. The Hall–Kier alpha value is -2.71. The van der Waals surface area contributed by atoms with E-state index in [1.165, 1.54) is 12.1 Å². The molecule has 4 nitrogen and oxygen atoms in total. The number of piperidine rings is 3. The van der Waals surface area contributed by atoms with Crippen molar-refractivity contribution in [3.8, 4) is 6.07 Å². The van der Waals surface area contributed by atoms with Gasteiger partial charge < -0.3 is 4.90 Å². The summed E-state index contributed by atoms with van der Waals surface area (Å²) in [6, 6.07) is 16.3. The van der Waals surface area contributed by atoms with Crippen LogP contribution in [0.1, 0.15) is 40.2 Å². The van der Waals surface area contributed by atoms with Crippen LogP contribution in [0, 0.1) is 23.1 Å². The summed E-state index contributed by atoms with van der Waals surface area (Å²) in [5, 5.41) is 9.18. The van der Waals surface area contributed by atoms with Gasteiger partial charge in [-0.25, -0.2) is 4.39 Å². The van der Waals surface area contributed by atoms with Crippen LogP contribution < -0.4 is 0 Å². The number of likely N-dealkylation sites (tertiary alicyclic amines) is 1. The Bertz CT molecular complexity index is 943. The third-order valence-electron chi connectivity index (χ3n) is 6.79. The molecule has 6 rings (SSSR count). The predicted molar refractivity (Wildman–Crippen MR) is 103 cm³/mol. The van der Waals surface area contributed by atoms with Gasteiger partial charge in [0.25, 0.3) is 5.91 Å². The number of nitriles is 1. The van der Waals surface area contributed by atoms with Crippen LogP contribution in [0.2, 0.25) is 0 Å². The standard InChI is InChI=1S/C23H22FN3O/c24-19-6-4-16(5-7-19)20-14-27(21-17-8-10-26(11-9-17)22(20)21)23(28)18-3-1-2-15(12-18)13-25/h1-7,12,17,20-22H,8-11,14H2/t20-,21+,22+/m0/s1. The summed E-state index contributed by atoms with van der Waals surface area (Å²) in [7, 11) is 0. The van der Waals surface area contributed by atoms with Crippen molar-refractivity contribution in [1.82, 2.24) is 9.80 Å². The lowest BCUT2D eigenvalue weighted by atomic mass is 9.75. The number of fused-ring (bicyclic) bond motifs is 2. The van der Waals surface area contributed by atoms with Crippen LogP contribution >= 0.6 is 0 Å². The van der Waals surface area contributed by atoms with Crippen molar-refractivity contribution in [3.05, 3.63) is 71.0 Å². The highest BCUT2D eigenvalue weighted by Gasteiger charge is 2.54. The summed E-state index contributed by atoms with van der Waals surface area (Å²) in [6.45, 7) is 2.80. The van der Waals surface area contributed by atoms with Gasteiger partial charge in [0.15, 0.2) is 0 Å². The van der Waals surface area contributed by atoms with E-state index in [1.807, 2.05) is 17.0 Å². The van der Waals surface area contributed by atoms with Crippen molar-refractivity contribution in [3.63, 3.8) is 0 Å². The first-order chi connectivity index (χ1) is 13.7. The van der Waals surface area contributed by atoms with Gasteiger partial charge in [-0.3, -0.25) is 9.69 Å². The largest absolute Gasteiger partial charge is 0.333 e. The first-order valence-corrected chi connectivity index (χ1v) is 9.96. The van der Waals surface area contributed by atoms with E-state index in [2.05, 4.69) is 11.0 Å². The minimum Gasteiger partial charge on any atom is -0.333 e. The highest BCUT2D eigenvalue weighted by Crippen LogP contribution is 2.46. The van der Waals surface area contributed by atoms with Gasteiger partial charge >= 0.3 is 0 Å². The van der Waals surface area contributed by atoms with E-state index < -0.39 is 0 Å². The van der Waals surface area contributed by atoms with Crippen molar-refractivity contribution in [2.24, 2.45) is 5.92 Å². The molecule has 2 aromatic rings. The lowest BCUT2D eigenvalue weighted by Crippen LogP contribution is -2.60. The Kier molecular flexibility index (Phi) is 4.17. The lowest BCUT2D eigenvalue weighted by Gasteiger charge is -2.51. The van der Waals surface area contributed by atoms with Crippen molar-refractivity contribution in [2.45, 2.75) is 30.8 Å². The molecule has 0 spiro atoms. The molecule has 0 aromatic heterocycles. The maximum absolute atomic E-state index is 13.5. The molecule has 2 aromatic carbocycles. The number of benzene rings is 2. The predicted octanol–water partition coefficient (Wildman–Crippen LogP) is 3.40. The molecule has 5 heteroatoms. The molecule has 4 fully saturated rings. The summed E-state index contributed by atoms with van der Waals surface area (Å²) in [6.07, 6.45) is 2.25. The number of carbonyl (C=O) groups is 1. The molecule has 0 aliphatic carbocycles. The molecule has 0 unspecified atom stereocenters. The smallest absolute Gasteiger partial charge is 0.254 e. The average molecular weight is 375 g/mol. The van der Waals surface area contributed by atoms with E-state index in [9.17, 15) is 14.4 Å². The number of halogens is 1. The molecule has 0 saturated carbocycles. The van der Waals surface area contributed by atoms with Crippen LogP contribution in [-0.2, 0) is 0 Å². The summed E-state index contributed by atoms with van der Waals surface area (Å²) in [4.78, 5) is 18.0.